The van der Waals surface area contributed by atoms with E-state index < -0.39 is 0 Å². The van der Waals surface area contributed by atoms with E-state index in [2.05, 4.69) is 9.97 Å². The van der Waals surface area contributed by atoms with Gasteiger partial charge < -0.3 is 14.6 Å². The number of hydrogen-bond donors (Lipinski definition) is 1. The van der Waals surface area contributed by atoms with Crippen molar-refractivity contribution >= 4 is 45.2 Å². The topological polar surface area (TPSA) is 92.4 Å². The number of thiophene rings is 1. The molecule has 1 amide bonds. The fraction of sp³-hybridized carbons (Fsp3) is 0.364. The number of piperidine rings is 1. The van der Waals surface area contributed by atoms with E-state index in [0.29, 0.717) is 47.9 Å². The number of nitrogens with zero attached hydrogens (tertiary/aromatic N) is 2. The quantitative estimate of drug-likeness (QED) is 0.346. The first-order chi connectivity index (χ1) is 15.1. The molecule has 3 aromatic rings. The summed E-state index contributed by atoms with van der Waals surface area (Å²) < 4.78 is 5.07. The van der Waals surface area contributed by atoms with Crippen LogP contribution in [0.1, 0.15) is 19.8 Å². The first kappa shape index (κ1) is 21.6. The third-order valence-corrected chi connectivity index (χ3v) is 7.04. The van der Waals surface area contributed by atoms with Crippen LogP contribution in [0, 0.1) is 5.92 Å². The van der Waals surface area contributed by atoms with Crippen LogP contribution >= 0.6 is 23.1 Å². The highest BCUT2D eigenvalue weighted by Gasteiger charge is 2.28. The standard InChI is InChI=1S/C22H23N3O4S2/c1-2-29-21(28)15-8-10-25(11-9-15)17(26)13-31-22-23-19(27)18-16(12-30-20(18)24-22)14-6-4-3-5-7-14/h3-7,12,15H,2,8-11,13H2,1H3,(H,23,24,27). The average Bonchev–Trinajstić information content (AvgIpc) is 3.23. The Morgan fingerprint density at radius 3 is 2.71 bits per heavy atom. The summed E-state index contributed by atoms with van der Waals surface area (Å²) in [6.45, 7) is 3.25. The van der Waals surface area contributed by atoms with Crippen LogP contribution in [0.25, 0.3) is 21.3 Å². The zero-order valence-corrected chi connectivity index (χ0v) is 18.8. The number of aromatic amines is 1. The predicted octanol–water partition coefficient (Wildman–Crippen LogP) is 3.55. The number of carbonyl (C=O) groups is 2. The first-order valence-electron chi connectivity index (χ1n) is 10.2. The molecule has 0 unspecified atom stereocenters. The van der Waals surface area contributed by atoms with Crippen molar-refractivity contribution in [1.82, 2.24) is 14.9 Å². The van der Waals surface area contributed by atoms with Gasteiger partial charge in [0.2, 0.25) is 5.91 Å². The number of esters is 1. The lowest BCUT2D eigenvalue weighted by atomic mass is 9.97. The van der Waals surface area contributed by atoms with E-state index in [4.69, 9.17) is 4.74 Å². The van der Waals surface area contributed by atoms with Crippen molar-refractivity contribution in [2.45, 2.75) is 24.9 Å². The van der Waals surface area contributed by atoms with Gasteiger partial charge in [-0.3, -0.25) is 14.4 Å². The minimum atomic E-state index is -0.199. The summed E-state index contributed by atoms with van der Waals surface area (Å²) in [5, 5.41) is 2.96. The molecule has 1 aliphatic rings. The van der Waals surface area contributed by atoms with E-state index in [0.717, 1.165) is 11.1 Å². The lowest BCUT2D eigenvalue weighted by Gasteiger charge is -2.30. The molecule has 1 aliphatic heterocycles. The first-order valence-corrected chi connectivity index (χ1v) is 12.1. The van der Waals surface area contributed by atoms with Crippen molar-refractivity contribution in [2.75, 3.05) is 25.4 Å². The summed E-state index contributed by atoms with van der Waals surface area (Å²) >= 11 is 2.65. The highest BCUT2D eigenvalue weighted by atomic mass is 32.2. The Bertz CT molecular complexity index is 1130. The van der Waals surface area contributed by atoms with E-state index >= 15 is 0 Å². The van der Waals surface area contributed by atoms with Crippen LogP contribution in [-0.2, 0) is 14.3 Å². The van der Waals surface area contributed by atoms with E-state index in [-0.39, 0.29) is 29.1 Å². The van der Waals surface area contributed by atoms with E-state index in [9.17, 15) is 14.4 Å². The molecule has 4 rings (SSSR count). The highest BCUT2D eigenvalue weighted by Crippen LogP contribution is 2.31. The number of ether oxygens (including phenoxy) is 1. The molecule has 0 atom stereocenters. The number of rotatable bonds is 6. The van der Waals surface area contributed by atoms with Gasteiger partial charge in [-0.25, -0.2) is 4.98 Å². The molecular formula is C22H23N3O4S2. The van der Waals surface area contributed by atoms with E-state index in [1.807, 2.05) is 35.7 Å². The molecule has 9 heteroatoms. The maximum Gasteiger partial charge on any atom is 0.309 e. The second-order valence-corrected chi connectivity index (χ2v) is 9.08. The Hall–Kier alpha value is -2.65. The molecule has 0 saturated carbocycles. The van der Waals surface area contributed by atoms with Gasteiger partial charge in [-0.15, -0.1) is 11.3 Å². The maximum atomic E-state index is 12.7. The lowest BCUT2D eigenvalue weighted by Crippen LogP contribution is -2.41. The Morgan fingerprint density at radius 2 is 2.00 bits per heavy atom. The Kier molecular flexibility index (Phi) is 6.72. The molecule has 31 heavy (non-hydrogen) atoms. The summed E-state index contributed by atoms with van der Waals surface area (Å²) in [4.78, 5) is 46.9. The molecular weight excluding hydrogens is 434 g/mol. The summed E-state index contributed by atoms with van der Waals surface area (Å²) in [6.07, 6.45) is 1.24. The third kappa shape index (κ3) is 4.83. The number of nitrogens with one attached hydrogen (secondary N) is 1. The van der Waals surface area contributed by atoms with Crippen LogP contribution in [0.5, 0.6) is 0 Å². The SMILES string of the molecule is CCOC(=O)C1CCN(C(=O)CSc2nc3scc(-c4ccccc4)c3c(=O)[nH]2)CC1. The summed E-state index contributed by atoms with van der Waals surface area (Å²) in [6, 6.07) is 9.74. The van der Waals surface area contributed by atoms with Gasteiger partial charge in [0.1, 0.15) is 4.83 Å². The Morgan fingerprint density at radius 1 is 1.26 bits per heavy atom. The largest absolute Gasteiger partial charge is 0.466 e. The van der Waals surface area contributed by atoms with Gasteiger partial charge in [-0.05, 0) is 25.3 Å². The molecule has 1 saturated heterocycles. The fourth-order valence-electron chi connectivity index (χ4n) is 3.67. The van der Waals surface area contributed by atoms with Gasteiger partial charge >= 0.3 is 5.97 Å². The van der Waals surface area contributed by atoms with Crippen molar-refractivity contribution in [3.8, 4) is 11.1 Å². The number of amides is 1. The molecule has 1 N–H and O–H groups in total. The third-order valence-electron chi connectivity index (χ3n) is 5.31. The van der Waals surface area contributed by atoms with Crippen molar-refractivity contribution in [1.29, 1.82) is 0 Å². The second kappa shape index (κ2) is 9.65. The smallest absolute Gasteiger partial charge is 0.309 e. The number of aromatic nitrogens is 2. The predicted molar refractivity (Wildman–Crippen MR) is 122 cm³/mol. The van der Waals surface area contributed by atoms with Crippen LogP contribution in [0.3, 0.4) is 0 Å². The minimum absolute atomic E-state index is 0.0220. The molecule has 2 aromatic heterocycles. The second-order valence-electron chi connectivity index (χ2n) is 7.26. The monoisotopic (exact) mass is 457 g/mol. The number of hydrogen-bond acceptors (Lipinski definition) is 7. The summed E-state index contributed by atoms with van der Waals surface area (Å²) in [7, 11) is 0. The molecule has 0 aliphatic carbocycles. The van der Waals surface area contributed by atoms with Crippen molar-refractivity contribution in [3.63, 3.8) is 0 Å². The van der Waals surface area contributed by atoms with Crippen LogP contribution in [-0.4, -0.2) is 52.2 Å². The minimum Gasteiger partial charge on any atom is -0.466 e. The number of carbonyl (C=O) groups excluding carboxylic acids is 2. The van der Waals surface area contributed by atoms with E-state index in [1.54, 1.807) is 11.8 Å². The van der Waals surface area contributed by atoms with E-state index in [1.165, 1.54) is 23.1 Å². The molecule has 0 bridgehead atoms. The van der Waals surface area contributed by atoms with Gasteiger partial charge in [0.15, 0.2) is 5.16 Å². The van der Waals surface area contributed by atoms with Gasteiger partial charge in [0.25, 0.3) is 5.56 Å². The van der Waals surface area contributed by atoms with Gasteiger partial charge in [-0.1, -0.05) is 42.1 Å². The van der Waals surface area contributed by atoms with Gasteiger partial charge in [0, 0.05) is 24.0 Å². The van der Waals surface area contributed by atoms with Crippen LogP contribution in [0.4, 0.5) is 0 Å². The van der Waals surface area contributed by atoms with Crippen molar-refractivity contribution in [2.24, 2.45) is 5.92 Å². The number of H-pyrrole nitrogens is 1. The number of benzene rings is 1. The van der Waals surface area contributed by atoms with Crippen molar-refractivity contribution in [3.05, 3.63) is 46.1 Å². The lowest BCUT2D eigenvalue weighted by molar-refractivity contribution is -0.151. The van der Waals surface area contributed by atoms with Crippen molar-refractivity contribution < 1.29 is 14.3 Å². The molecule has 3 heterocycles. The number of thioether (sulfide) groups is 1. The zero-order chi connectivity index (χ0) is 21.8. The fourth-order valence-corrected chi connectivity index (χ4v) is 5.44. The Balaban J connectivity index is 1.39. The maximum absolute atomic E-state index is 12.7. The summed E-state index contributed by atoms with van der Waals surface area (Å²) in [5.41, 5.74) is 1.64. The Labute approximate surface area is 187 Å². The van der Waals surface area contributed by atoms with Crippen LogP contribution < -0.4 is 5.56 Å². The zero-order valence-electron chi connectivity index (χ0n) is 17.1. The van der Waals surface area contributed by atoms with Gasteiger partial charge in [-0.2, -0.15) is 0 Å². The number of likely N-dealkylation sites (tertiary alicyclic amines) is 1. The molecule has 0 spiro atoms. The average molecular weight is 458 g/mol. The molecule has 7 nitrogen and oxygen atoms in total. The normalized spacial score (nSPS) is 14.7. The number of fused-ring (bicyclic) bond motifs is 1. The molecule has 0 radical (unpaired) electrons. The molecule has 162 valence electrons. The molecule has 1 fully saturated rings. The molecule has 1 aromatic carbocycles. The summed E-state index contributed by atoms with van der Waals surface area (Å²) in [5.74, 6) is -0.138. The highest BCUT2D eigenvalue weighted by molar-refractivity contribution is 7.99. The van der Waals surface area contributed by atoms with Gasteiger partial charge in [0.05, 0.1) is 23.7 Å². The van der Waals surface area contributed by atoms with Crippen LogP contribution in [0.2, 0.25) is 0 Å². The van der Waals surface area contributed by atoms with Crippen LogP contribution in [0.15, 0.2) is 45.7 Å².